The predicted molar refractivity (Wildman–Crippen MR) is 85.0 cm³/mol. The number of aryl methyl sites for hydroxylation is 1. The Morgan fingerprint density at radius 3 is 2.55 bits per heavy atom. The third-order valence-electron chi connectivity index (χ3n) is 5.03. The maximum Gasteiger partial charge on any atom is 0.118 e. The highest BCUT2D eigenvalue weighted by molar-refractivity contribution is 5.27. The number of ether oxygens (including phenoxy) is 1. The van der Waals surface area contributed by atoms with Crippen LogP contribution in [0.5, 0.6) is 5.75 Å². The van der Waals surface area contributed by atoms with Gasteiger partial charge in [0.05, 0.1) is 7.11 Å². The first-order valence-electron chi connectivity index (χ1n) is 7.91. The van der Waals surface area contributed by atoms with Crippen molar-refractivity contribution in [2.45, 2.75) is 58.4 Å². The largest absolute Gasteiger partial charge is 0.497 e. The number of methoxy groups -OCH3 is 1. The minimum atomic E-state index is 0.326. The van der Waals surface area contributed by atoms with Crippen molar-refractivity contribution in [3.63, 3.8) is 0 Å². The van der Waals surface area contributed by atoms with Gasteiger partial charge in [0.25, 0.3) is 0 Å². The first kappa shape index (κ1) is 15.4. The zero-order valence-electron chi connectivity index (χ0n) is 13.2. The normalized spacial score (nSPS) is 23.3. The summed E-state index contributed by atoms with van der Waals surface area (Å²) in [6, 6.07) is 8.69. The van der Waals surface area contributed by atoms with E-state index >= 15 is 0 Å². The van der Waals surface area contributed by atoms with E-state index in [4.69, 9.17) is 10.5 Å². The summed E-state index contributed by atoms with van der Waals surface area (Å²) < 4.78 is 5.19. The van der Waals surface area contributed by atoms with Crippen molar-refractivity contribution in [3.05, 3.63) is 29.8 Å². The van der Waals surface area contributed by atoms with E-state index in [0.717, 1.165) is 18.6 Å². The summed E-state index contributed by atoms with van der Waals surface area (Å²) >= 11 is 0. The lowest BCUT2D eigenvalue weighted by molar-refractivity contribution is 0.109. The molecule has 0 aliphatic heterocycles. The molecule has 1 saturated carbocycles. The lowest BCUT2D eigenvalue weighted by Gasteiger charge is -2.42. The molecule has 2 rings (SSSR count). The Bertz CT molecular complexity index is 410. The monoisotopic (exact) mass is 275 g/mol. The highest BCUT2D eigenvalue weighted by atomic mass is 16.5. The van der Waals surface area contributed by atoms with E-state index in [1.165, 1.54) is 31.2 Å². The quantitative estimate of drug-likeness (QED) is 0.875. The molecule has 0 bridgehead atoms. The third-order valence-corrected chi connectivity index (χ3v) is 5.03. The number of nitrogens with two attached hydrogens (primary N) is 1. The Balaban J connectivity index is 1.89. The van der Waals surface area contributed by atoms with Gasteiger partial charge in [-0.2, -0.15) is 0 Å². The maximum absolute atomic E-state index is 6.50. The van der Waals surface area contributed by atoms with Crippen molar-refractivity contribution in [2.75, 3.05) is 7.11 Å². The Labute approximate surface area is 123 Å². The minimum Gasteiger partial charge on any atom is -0.497 e. The molecule has 1 aliphatic carbocycles. The van der Waals surface area contributed by atoms with Crippen LogP contribution in [0.15, 0.2) is 24.3 Å². The van der Waals surface area contributed by atoms with Crippen LogP contribution in [0.3, 0.4) is 0 Å². The van der Waals surface area contributed by atoms with E-state index in [0.29, 0.717) is 17.4 Å². The van der Waals surface area contributed by atoms with Gasteiger partial charge < -0.3 is 10.5 Å². The van der Waals surface area contributed by atoms with Crippen LogP contribution in [-0.2, 0) is 6.42 Å². The molecule has 0 radical (unpaired) electrons. The summed E-state index contributed by atoms with van der Waals surface area (Å²) in [5.74, 6) is 1.60. The standard InChI is InChI=1S/C18H29NO/c1-18(2)13-5-4-6-16(18)17(19)12-9-14-7-10-15(20-3)11-8-14/h7-8,10-11,16-17H,4-6,9,12-13,19H2,1-3H3. The van der Waals surface area contributed by atoms with Crippen molar-refractivity contribution < 1.29 is 4.74 Å². The fourth-order valence-corrected chi connectivity index (χ4v) is 3.64. The van der Waals surface area contributed by atoms with Crippen LogP contribution in [0.2, 0.25) is 0 Å². The van der Waals surface area contributed by atoms with E-state index < -0.39 is 0 Å². The molecular formula is C18H29NO. The Morgan fingerprint density at radius 1 is 1.25 bits per heavy atom. The molecule has 0 aromatic heterocycles. The van der Waals surface area contributed by atoms with Crippen molar-refractivity contribution >= 4 is 0 Å². The molecule has 1 aliphatic rings. The van der Waals surface area contributed by atoms with Crippen LogP contribution < -0.4 is 10.5 Å². The van der Waals surface area contributed by atoms with E-state index in [9.17, 15) is 0 Å². The summed E-state index contributed by atoms with van der Waals surface area (Å²) in [5.41, 5.74) is 8.27. The predicted octanol–water partition coefficient (Wildman–Crippen LogP) is 4.17. The van der Waals surface area contributed by atoms with Crippen LogP contribution >= 0.6 is 0 Å². The molecule has 2 unspecified atom stereocenters. The number of hydrogen-bond acceptors (Lipinski definition) is 2. The van der Waals surface area contributed by atoms with Gasteiger partial charge in [0.1, 0.15) is 5.75 Å². The average Bonchev–Trinajstić information content (AvgIpc) is 2.45. The maximum atomic E-state index is 6.50. The van der Waals surface area contributed by atoms with Gasteiger partial charge in [0.15, 0.2) is 0 Å². The summed E-state index contributed by atoms with van der Waals surface area (Å²) in [5, 5.41) is 0. The first-order valence-corrected chi connectivity index (χ1v) is 7.91. The molecular weight excluding hydrogens is 246 g/mol. The van der Waals surface area contributed by atoms with E-state index in [-0.39, 0.29) is 0 Å². The lowest BCUT2D eigenvalue weighted by atomic mass is 9.65. The molecule has 112 valence electrons. The molecule has 2 atom stereocenters. The average molecular weight is 275 g/mol. The van der Waals surface area contributed by atoms with Crippen LogP contribution in [0, 0.1) is 11.3 Å². The number of hydrogen-bond donors (Lipinski definition) is 1. The molecule has 20 heavy (non-hydrogen) atoms. The Morgan fingerprint density at radius 2 is 1.95 bits per heavy atom. The zero-order chi connectivity index (χ0) is 14.6. The fraction of sp³-hybridized carbons (Fsp3) is 0.667. The third kappa shape index (κ3) is 3.76. The zero-order valence-corrected chi connectivity index (χ0v) is 13.2. The molecule has 2 N–H and O–H groups in total. The molecule has 0 heterocycles. The smallest absolute Gasteiger partial charge is 0.118 e. The fourth-order valence-electron chi connectivity index (χ4n) is 3.64. The van der Waals surface area contributed by atoms with Crippen molar-refractivity contribution in [2.24, 2.45) is 17.1 Å². The van der Waals surface area contributed by atoms with Crippen LogP contribution in [-0.4, -0.2) is 13.2 Å². The highest BCUT2D eigenvalue weighted by Gasteiger charge is 2.35. The molecule has 1 fully saturated rings. The van der Waals surface area contributed by atoms with Gasteiger partial charge in [-0.25, -0.2) is 0 Å². The van der Waals surface area contributed by atoms with Crippen LogP contribution in [0.1, 0.15) is 51.5 Å². The van der Waals surface area contributed by atoms with Crippen LogP contribution in [0.25, 0.3) is 0 Å². The summed E-state index contributed by atoms with van der Waals surface area (Å²) in [6.45, 7) is 4.79. The molecule has 2 nitrogen and oxygen atoms in total. The van der Waals surface area contributed by atoms with Gasteiger partial charge in [-0.3, -0.25) is 0 Å². The van der Waals surface area contributed by atoms with Crippen molar-refractivity contribution in [1.29, 1.82) is 0 Å². The van der Waals surface area contributed by atoms with Crippen LogP contribution in [0.4, 0.5) is 0 Å². The van der Waals surface area contributed by atoms with Gasteiger partial charge >= 0.3 is 0 Å². The second kappa shape index (κ2) is 6.62. The van der Waals surface area contributed by atoms with E-state index in [1.807, 2.05) is 12.1 Å². The molecule has 2 heteroatoms. The second-order valence-electron chi connectivity index (χ2n) is 6.89. The number of benzene rings is 1. The SMILES string of the molecule is COc1ccc(CCC(N)C2CCCCC2(C)C)cc1. The first-order chi connectivity index (χ1) is 9.53. The van der Waals surface area contributed by atoms with Gasteiger partial charge in [-0.1, -0.05) is 38.8 Å². The van der Waals surface area contributed by atoms with Gasteiger partial charge in [0, 0.05) is 6.04 Å². The van der Waals surface area contributed by atoms with E-state index in [1.54, 1.807) is 7.11 Å². The van der Waals surface area contributed by atoms with Crippen molar-refractivity contribution in [3.8, 4) is 5.75 Å². The highest BCUT2D eigenvalue weighted by Crippen LogP contribution is 2.42. The van der Waals surface area contributed by atoms with Crippen molar-refractivity contribution in [1.82, 2.24) is 0 Å². The molecule has 0 saturated heterocycles. The molecule has 1 aromatic rings. The number of rotatable bonds is 5. The molecule has 1 aromatic carbocycles. The van der Waals surface area contributed by atoms with Gasteiger partial charge in [0.2, 0.25) is 0 Å². The topological polar surface area (TPSA) is 35.2 Å². The summed E-state index contributed by atoms with van der Waals surface area (Å²) in [6.07, 6.45) is 7.50. The second-order valence-corrected chi connectivity index (χ2v) is 6.89. The Kier molecular flexibility index (Phi) is 5.09. The Hall–Kier alpha value is -1.02. The van der Waals surface area contributed by atoms with E-state index in [2.05, 4.69) is 26.0 Å². The van der Waals surface area contributed by atoms with Gasteiger partial charge in [-0.15, -0.1) is 0 Å². The lowest BCUT2D eigenvalue weighted by Crippen LogP contribution is -2.42. The molecule has 0 spiro atoms. The molecule has 0 amide bonds. The minimum absolute atomic E-state index is 0.326. The summed E-state index contributed by atoms with van der Waals surface area (Å²) in [7, 11) is 1.70. The summed E-state index contributed by atoms with van der Waals surface area (Å²) in [4.78, 5) is 0. The van der Waals surface area contributed by atoms with Gasteiger partial charge in [-0.05, 0) is 54.7 Å².